The molecule has 1 aromatic heterocycles. The van der Waals surface area contributed by atoms with Gasteiger partial charge in [0.05, 0.1) is 11.4 Å². The number of carbonyl (C=O) groups is 1. The van der Waals surface area contributed by atoms with Crippen molar-refractivity contribution < 1.29 is 18.3 Å². The standard InChI is InChI=1S/C12H19N3O4S/c1-9-7-11(14(2)13-9)20(18,19)8-10-3-5-15(6-4-10)12(16)17/h7,10H,3-6,8H2,1-2H3,(H,16,17). The molecule has 0 atom stereocenters. The van der Waals surface area contributed by atoms with Crippen LogP contribution in [0.1, 0.15) is 18.5 Å². The van der Waals surface area contributed by atoms with Crippen LogP contribution in [0.5, 0.6) is 0 Å². The fourth-order valence-electron chi connectivity index (χ4n) is 2.56. The normalized spacial score (nSPS) is 17.4. The molecular formula is C12H19N3O4S. The highest BCUT2D eigenvalue weighted by Crippen LogP contribution is 2.22. The molecule has 8 heteroatoms. The molecule has 1 N–H and O–H groups in total. The molecule has 20 heavy (non-hydrogen) atoms. The highest BCUT2D eigenvalue weighted by atomic mass is 32.2. The molecule has 2 rings (SSSR count). The first kappa shape index (κ1) is 14.8. The molecule has 0 saturated carbocycles. The number of rotatable bonds is 3. The highest BCUT2D eigenvalue weighted by Gasteiger charge is 2.28. The van der Waals surface area contributed by atoms with Crippen molar-refractivity contribution in [3.8, 4) is 0 Å². The Labute approximate surface area is 118 Å². The first-order valence-electron chi connectivity index (χ1n) is 6.51. The van der Waals surface area contributed by atoms with Crippen LogP contribution in [0.2, 0.25) is 0 Å². The summed E-state index contributed by atoms with van der Waals surface area (Å²) in [4.78, 5) is 12.1. The fraction of sp³-hybridized carbons (Fsp3) is 0.667. The maximum Gasteiger partial charge on any atom is 0.407 e. The second-order valence-electron chi connectivity index (χ2n) is 5.24. The quantitative estimate of drug-likeness (QED) is 0.895. The molecule has 0 spiro atoms. The minimum atomic E-state index is -3.37. The van der Waals surface area contributed by atoms with Gasteiger partial charge in [0, 0.05) is 20.1 Å². The van der Waals surface area contributed by atoms with Gasteiger partial charge in [-0.05, 0) is 31.7 Å². The van der Waals surface area contributed by atoms with Gasteiger partial charge < -0.3 is 10.0 Å². The Morgan fingerprint density at radius 2 is 2.05 bits per heavy atom. The molecule has 1 amide bonds. The zero-order valence-electron chi connectivity index (χ0n) is 11.6. The predicted octanol–water partition coefficient (Wildman–Crippen LogP) is 0.892. The molecule has 1 aliphatic heterocycles. The molecule has 1 fully saturated rings. The van der Waals surface area contributed by atoms with Crippen LogP contribution in [-0.4, -0.2) is 53.1 Å². The van der Waals surface area contributed by atoms with E-state index in [1.54, 1.807) is 20.0 Å². The first-order valence-corrected chi connectivity index (χ1v) is 8.16. The summed E-state index contributed by atoms with van der Waals surface area (Å²) in [5, 5.41) is 13.2. The Bertz CT molecular complexity index is 600. The van der Waals surface area contributed by atoms with Crippen LogP contribution in [0.15, 0.2) is 11.1 Å². The van der Waals surface area contributed by atoms with E-state index in [1.165, 1.54) is 9.58 Å². The monoisotopic (exact) mass is 301 g/mol. The Hall–Kier alpha value is -1.57. The number of piperidine rings is 1. The number of hydrogen-bond donors (Lipinski definition) is 1. The number of nitrogens with zero attached hydrogens (tertiary/aromatic N) is 3. The van der Waals surface area contributed by atoms with Crippen molar-refractivity contribution >= 4 is 15.9 Å². The third-order valence-electron chi connectivity index (χ3n) is 3.62. The highest BCUT2D eigenvalue weighted by molar-refractivity contribution is 7.91. The smallest absolute Gasteiger partial charge is 0.407 e. The van der Waals surface area contributed by atoms with Gasteiger partial charge in [-0.3, -0.25) is 4.68 Å². The molecule has 1 aliphatic rings. The van der Waals surface area contributed by atoms with E-state index in [-0.39, 0.29) is 16.7 Å². The Kier molecular flexibility index (Phi) is 4.03. The van der Waals surface area contributed by atoms with Crippen molar-refractivity contribution in [1.29, 1.82) is 0 Å². The average Bonchev–Trinajstić information content (AvgIpc) is 2.69. The van der Waals surface area contributed by atoms with Gasteiger partial charge in [-0.2, -0.15) is 5.10 Å². The number of hydrogen-bond acceptors (Lipinski definition) is 4. The predicted molar refractivity (Wildman–Crippen MR) is 72.3 cm³/mol. The second-order valence-corrected chi connectivity index (χ2v) is 7.22. The van der Waals surface area contributed by atoms with Crippen molar-refractivity contribution in [2.75, 3.05) is 18.8 Å². The van der Waals surface area contributed by atoms with Crippen molar-refractivity contribution in [3.63, 3.8) is 0 Å². The van der Waals surface area contributed by atoms with Crippen LogP contribution in [-0.2, 0) is 16.9 Å². The lowest BCUT2D eigenvalue weighted by Crippen LogP contribution is -2.39. The summed E-state index contributed by atoms with van der Waals surface area (Å²) in [7, 11) is -1.75. The Morgan fingerprint density at radius 1 is 1.45 bits per heavy atom. The Balaban J connectivity index is 2.03. The van der Waals surface area contributed by atoms with Crippen LogP contribution in [0.3, 0.4) is 0 Å². The minimum absolute atomic E-state index is 0.00538. The van der Waals surface area contributed by atoms with Crippen LogP contribution in [0, 0.1) is 12.8 Å². The van der Waals surface area contributed by atoms with Gasteiger partial charge in [-0.15, -0.1) is 0 Å². The van der Waals surface area contributed by atoms with Crippen LogP contribution >= 0.6 is 0 Å². The number of aryl methyl sites for hydroxylation is 2. The Morgan fingerprint density at radius 3 is 2.50 bits per heavy atom. The lowest BCUT2D eigenvalue weighted by Gasteiger charge is -2.29. The van der Waals surface area contributed by atoms with Crippen LogP contribution in [0.4, 0.5) is 4.79 Å². The van der Waals surface area contributed by atoms with Gasteiger partial charge in [0.1, 0.15) is 0 Å². The van der Waals surface area contributed by atoms with E-state index in [1.807, 2.05) is 0 Å². The molecule has 0 aliphatic carbocycles. The summed E-state index contributed by atoms with van der Waals surface area (Å²) >= 11 is 0. The van der Waals surface area contributed by atoms with Gasteiger partial charge >= 0.3 is 6.09 Å². The van der Waals surface area contributed by atoms with E-state index < -0.39 is 15.9 Å². The fourth-order valence-corrected chi connectivity index (χ4v) is 4.48. The number of likely N-dealkylation sites (tertiary alicyclic amines) is 1. The summed E-state index contributed by atoms with van der Waals surface area (Å²) in [5.74, 6) is 0.0604. The summed E-state index contributed by atoms with van der Waals surface area (Å²) in [6.07, 6.45) is 0.235. The third kappa shape index (κ3) is 3.12. The van der Waals surface area contributed by atoms with Gasteiger partial charge in [0.2, 0.25) is 0 Å². The third-order valence-corrected chi connectivity index (χ3v) is 5.55. The van der Waals surface area contributed by atoms with Gasteiger partial charge in [-0.25, -0.2) is 13.2 Å². The van der Waals surface area contributed by atoms with Crippen molar-refractivity contribution in [3.05, 3.63) is 11.8 Å². The number of sulfone groups is 1. The van der Waals surface area contributed by atoms with Crippen molar-refractivity contribution in [1.82, 2.24) is 14.7 Å². The van der Waals surface area contributed by atoms with E-state index in [0.29, 0.717) is 31.6 Å². The molecule has 0 radical (unpaired) electrons. The number of aromatic nitrogens is 2. The van der Waals surface area contributed by atoms with E-state index in [9.17, 15) is 13.2 Å². The van der Waals surface area contributed by atoms with Gasteiger partial charge in [-0.1, -0.05) is 0 Å². The van der Waals surface area contributed by atoms with E-state index in [0.717, 1.165) is 0 Å². The van der Waals surface area contributed by atoms with Crippen LogP contribution in [0.25, 0.3) is 0 Å². The molecule has 0 unspecified atom stereocenters. The largest absolute Gasteiger partial charge is 0.465 e. The maximum absolute atomic E-state index is 12.4. The molecule has 7 nitrogen and oxygen atoms in total. The van der Waals surface area contributed by atoms with Gasteiger partial charge in [0.15, 0.2) is 14.9 Å². The summed E-state index contributed by atoms with van der Waals surface area (Å²) in [6, 6.07) is 1.57. The summed E-state index contributed by atoms with van der Waals surface area (Å²) in [5.41, 5.74) is 0.673. The maximum atomic E-state index is 12.4. The van der Waals surface area contributed by atoms with Gasteiger partial charge in [0.25, 0.3) is 0 Å². The molecule has 1 aromatic rings. The zero-order chi connectivity index (χ0) is 14.9. The number of amides is 1. The second kappa shape index (κ2) is 5.43. The zero-order valence-corrected chi connectivity index (χ0v) is 12.4. The molecular weight excluding hydrogens is 282 g/mol. The molecule has 0 bridgehead atoms. The lowest BCUT2D eigenvalue weighted by atomic mass is 9.99. The first-order chi connectivity index (χ1) is 9.29. The van der Waals surface area contributed by atoms with Crippen molar-refractivity contribution in [2.24, 2.45) is 13.0 Å². The molecule has 1 saturated heterocycles. The van der Waals surface area contributed by atoms with Crippen LogP contribution < -0.4 is 0 Å². The molecule has 2 heterocycles. The van der Waals surface area contributed by atoms with Crippen molar-refractivity contribution in [2.45, 2.75) is 24.8 Å². The molecule has 0 aromatic carbocycles. The SMILES string of the molecule is Cc1cc(S(=O)(=O)CC2CCN(C(=O)O)CC2)n(C)n1. The van der Waals surface area contributed by atoms with E-state index in [2.05, 4.69) is 5.10 Å². The number of carboxylic acid groups (broad SMARTS) is 1. The summed E-state index contributed by atoms with van der Waals surface area (Å²) < 4.78 is 26.1. The molecule has 112 valence electrons. The minimum Gasteiger partial charge on any atom is -0.465 e. The summed E-state index contributed by atoms with van der Waals surface area (Å²) in [6.45, 7) is 2.56. The lowest BCUT2D eigenvalue weighted by molar-refractivity contribution is 0.127. The average molecular weight is 301 g/mol. The van der Waals surface area contributed by atoms with E-state index >= 15 is 0 Å². The van der Waals surface area contributed by atoms with E-state index in [4.69, 9.17) is 5.11 Å². The topological polar surface area (TPSA) is 92.5 Å².